The van der Waals surface area contributed by atoms with Gasteiger partial charge in [0.2, 0.25) is 0 Å². The fourth-order valence-electron chi connectivity index (χ4n) is 4.14. The summed E-state index contributed by atoms with van der Waals surface area (Å²) in [7, 11) is -3.92. The smallest absolute Gasteiger partial charge is 0.166 e. The lowest BCUT2D eigenvalue weighted by atomic mass is 9.84. The van der Waals surface area contributed by atoms with Crippen LogP contribution in [0.5, 0.6) is 0 Å². The van der Waals surface area contributed by atoms with E-state index in [9.17, 15) is 8.42 Å². The summed E-state index contributed by atoms with van der Waals surface area (Å²) in [6.07, 6.45) is 7.69. The fraction of sp³-hybridized carbons (Fsp3) is 0.280. The van der Waals surface area contributed by atoms with E-state index in [4.69, 9.17) is 0 Å². The predicted octanol–water partition coefficient (Wildman–Crippen LogP) is 6.79. The molecule has 0 radical (unpaired) electrons. The Morgan fingerprint density at radius 2 is 1.37 bits per heavy atom. The Bertz CT molecular complexity index is 1070. The van der Waals surface area contributed by atoms with Gasteiger partial charge in [-0.15, -0.1) is 0 Å². The van der Waals surface area contributed by atoms with Crippen LogP contribution in [0.25, 0.3) is 4.72 Å². The molecule has 3 aromatic rings. The summed E-state index contributed by atoms with van der Waals surface area (Å²) >= 11 is 0. The molecule has 3 aromatic carbocycles. The molecule has 1 atom stereocenters. The van der Waals surface area contributed by atoms with Crippen LogP contribution in [-0.4, -0.2) is 14.7 Å². The molecular weight excluding hydrogens is 410 g/mol. The molecule has 1 fully saturated rings. The van der Waals surface area contributed by atoms with Gasteiger partial charge in [-0.2, -0.15) is 0 Å². The Kier molecular flexibility index (Phi) is 6.49. The third-order valence-electron chi connectivity index (χ3n) is 5.52. The molecule has 4 rings (SSSR count). The van der Waals surface area contributed by atoms with Crippen LogP contribution in [0.1, 0.15) is 43.6 Å². The van der Waals surface area contributed by atoms with Gasteiger partial charge < -0.3 is 4.72 Å². The second kappa shape index (κ2) is 9.27. The molecule has 0 saturated heterocycles. The van der Waals surface area contributed by atoms with E-state index in [2.05, 4.69) is 41.1 Å². The zero-order valence-corrected chi connectivity index (χ0v) is 18.8. The molecule has 3 nitrogen and oxygen atoms in total. The van der Waals surface area contributed by atoms with E-state index in [0.717, 1.165) is 16.0 Å². The van der Waals surface area contributed by atoms with E-state index in [-0.39, 0.29) is 0 Å². The number of hydrogen-bond donors (Lipinski definition) is 0. The molecule has 0 amide bonds. The number of benzene rings is 3. The molecule has 0 spiro atoms. The van der Waals surface area contributed by atoms with Gasteiger partial charge in [-0.3, -0.25) is 0 Å². The van der Waals surface area contributed by atoms with E-state index in [1.54, 1.807) is 6.07 Å². The molecular formula is C25H27NO2S2. The van der Waals surface area contributed by atoms with Crippen molar-refractivity contribution in [3.63, 3.8) is 0 Å². The normalized spacial score (nSPS) is 16.2. The molecule has 1 aliphatic carbocycles. The summed E-state index contributed by atoms with van der Waals surface area (Å²) in [5, 5.41) is 0. The summed E-state index contributed by atoms with van der Waals surface area (Å²) in [5.41, 5.74) is 1.94. The molecule has 1 aliphatic rings. The van der Waals surface area contributed by atoms with Crippen LogP contribution < -0.4 is 0 Å². The maximum Gasteiger partial charge on any atom is 0.166 e. The van der Waals surface area contributed by atoms with Crippen molar-refractivity contribution in [1.29, 1.82) is 0 Å². The molecule has 0 aromatic heterocycles. The zero-order valence-electron chi connectivity index (χ0n) is 17.2. The molecule has 30 heavy (non-hydrogen) atoms. The summed E-state index contributed by atoms with van der Waals surface area (Å²) in [6.45, 7) is 0. The van der Waals surface area contributed by atoms with Gasteiger partial charge in [0.15, 0.2) is 14.7 Å². The molecule has 0 aliphatic heterocycles. The van der Waals surface area contributed by atoms with Gasteiger partial charge >= 0.3 is 0 Å². The van der Waals surface area contributed by atoms with Gasteiger partial charge in [0.05, 0.1) is 20.9 Å². The molecule has 0 N–H and O–H groups in total. The van der Waals surface area contributed by atoms with Crippen molar-refractivity contribution < 1.29 is 8.42 Å². The van der Waals surface area contributed by atoms with Crippen molar-refractivity contribution in [1.82, 2.24) is 0 Å². The number of sulfonamides is 1. The average Bonchev–Trinajstić information content (AvgIpc) is 2.76. The Hall–Kier alpha value is -2.24. The first-order chi connectivity index (χ1) is 14.5. The first-order valence-corrected chi connectivity index (χ1v) is 13.5. The summed E-state index contributed by atoms with van der Waals surface area (Å²) in [6, 6.07) is 26.8. The lowest BCUT2D eigenvalue weighted by Gasteiger charge is -2.23. The van der Waals surface area contributed by atoms with E-state index in [1.165, 1.54) is 42.6 Å². The van der Waals surface area contributed by atoms with Crippen molar-refractivity contribution >= 4 is 26.6 Å². The van der Waals surface area contributed by atoms with E-state index < -0.39 is 20.9 Å². The first-order valence-electron chi connectivity index (χ1n) is 10.4. The van der Waals surface area contributed by atoms with Crippen molar-refractivity contribution in [2.45, 2.75) is 52.7 Å². The second-order valence-corrected chi connectivity index (χ2v) is 11.5. The van der Waals surface area contributed by atoms with Gasteiger partial charge in [-0.1, -0.05) is 73.5 Å². The third kappa shape index (κ3) is 5.08. The highest BCUT2D eigenvalue weighted by Crippen LogP contribution is 2.40. The lowest BCUT2D eigenvalue weighted by molar-refractivity contribution is 0.443. The summed E-state index contributed by atoms with van der Waals surface area (Å²) in [5.74, 6) is 0.666. The highest BCUT2D eigenvalue weighted by molar-refractivity contribution is 7.97. The first kappa shape index (κ1) is 21.0. The van der Waals surface area contributed by atoms with E-state index >= 15 is 0 Å². The minimum absolute atomic E-state index is 0.432. The van der Waals surface area contributed by atoms with Crippen molar-refractivity contribution in [2.75, 3.05) is 6.26 Å². The molecule has 0 heterocycles. The minimum Gasteiger partial charge on any atom is -0.573 e. The SMILES string of the molecule is CS(=O)(=O)[N-]c1ccccc1[S+](c1ccccc1)c1ccc(C2CCCCC2)cc1. The second-order valence-electron chi connectivity index (χ2n) is 7.82. The highest BCUT2D eigenvalue weighted by Gasteiger charge is 2.29. The van der Waals surface area contributed by atoms with Gasteiger partial charge in [0.25, 0.3) is 0 Å². The van der Waals surface area contributed by atoms with Crippen molar-refractivity contribution in [2.24, 2.45) is 0 Å². The Balaban J connectivity index is 1.75. The Labute approximate surface area is 182 Å². The van der Waals surface area contributed by atoms with Gasteiger partial charge in [0, 0.05) is 6.26 Å². The van der Waals surface area contributed by atoms with Gasteiger partial charge in [0.1, 0.15) is 0 Å². The van der Waals surface area contributed by atoms with Crippen molar-refractivity contribution in [3.8, 4) is 0 Å². The molecule has 0 bridgehead atoms. The van der Waals surface area contributed by atoms with Crippen LogP contribution in [0.2, 0.25) is 0 Å². The average molecular weight is 438 g/mol. The van der Waals surface area contributed by atoms with Crippen molar-refractivity contribution in [3.05, 3.63) is 89.1 Å². The minimum atomic E-state index is -3.49. The third-order valence-corrected chi connectivity index (χ3v) is 8.32. The van der Waals surface area contributed by atoms with Crippen LogP contribution in [-0.2, 0) is 20.9 Å². The Morgan fingerprint density at radius 3 is 2.03 bits per heavy atom. The Morgan fingerprint density at radius 1 is 0.767 bits per heavy atom. The van der Waals surface area contributed by atoms with Gasteiger partial charge in [-0.25, -0.2) is 8.42 Å². The largest absolute Gasteiger partial charge is 0.573 e. The standard InChI is InChI=1S/C25H27NO2S2/c1-30(27,28)26-24-14-8-9-15-25(24)29(22-12-6-3-7-13-22)23-18-16-21(17-19-23)20-10-4-2-5-11-20/h3,6-9,12-20H,2,4-5,10-11H2,1H3. The van der Waals surface area contributed by atoms with E-state index in [0.29, 0.717) is 11.6 Å². The van der Waals surface area contributed by atoms with Crippen LogP contribution in [0, 0.1) is 0 Å². The summed E-state index contributed by atoms with van der Waals surface area (Å²) in [4.78, 5) is 3.26. The quantitative estimate of drug-likeness (QED) is 0.398. The topological polar surface area (TPSA) is 48.2 Å². The maximum atomic E-state index is 11.9. The lowest BCUT2D eigenvalue weighted by Crippen LogP contribution is -2.08. The van der Waals surface area contributed by atoms with Crippen LogP contribution in [0.4, 0.5) is 5.69 Å². The zero-order chi connectivity index (χ0) is 21.0. The number of hydrogen-bond acceptors (Lipinski definition) is 2. The highest BCUT2D eigenvalue weighted by atomic mass is 32.2. The molecule has 156 valence electrons. The molecule has 5 heteroatoms. The number of nitrogens with zero attached hydrogens (tertiary/aromatic N) is 1. The van der Waals surface area contributed by atoms with Crippen LogP contribution >= 0.6 is 0 Å². The van der Waals surface area contributed by atoms with Crippen LogP contribution in [0.15, 0.2) is 93.5 Å². The maximum absolute atomic E-state index is 11.9. The summed E-state index contributed by atoms with van der Waals surface area (Å²) < 4.78 is 27.8. The van der Waals surface area contributed by atoms with Crippen LogP contribution in [0.3, 0.4) is 0 Å². The number of rotatable bonds is 6. The predicted molar refractivity (Wildman–Crippen MR) is 125 cm³/mol. The van der Waals surface area contributed by atoms with E-state index in [1.807, 2.05) is 36.4 Å². The molecule has 1 unspecified atom stereocenters. The molecule has 1 saturated carbocycles. The fourth-order valence-corrected chi connectivity index (χ4v) is 6.87. The monoisotopic (exact) mass is 437 g/mol. The van der Waals surface area contributed by atoms with Gasteiger partial charge in [-0.05, 0) is 54.7 Å².